The van der Waals surface area contributed by atoms with E-state index in [4.69, 9.17) is 0 Å². The Balaban J connectivity index is 1.67. The zero-order chi connectivity index (χ0) is 12.0. The average molecular weight is 236 g/mol. The van der Waals surface area contributed by atoms with Gasteiger partial charge < -0.3 is 10.2 Å². The average Bonchev–Trinajstić information content (AvgIpc) is 3.14. The lowest BCUT2D eigenvalue weighted by atomic mass is 10.1. The quantitative estimate of drug-likeness (QED) is 0.789. The SMILES string of the molecule is CCCC1CC1N1CC(=O)NC(C2CC2)C1=O. The number of piperazine rings is 1. The van der Waals surface area contributed by atoms with Crippen LogP contribution in [0, 0.1) is 11.8 Å². The molecule has 2 saturated carbocycles. The molecule has 0 spiro atoms. The van der Waals surface area contributed by atoms with Crippen LogP contribution in [0.4, 0.5) is 0 Å². The Morgan fingerprint density at radius 3 is 2.76 bits per heavy atom. The monoisotopic (exact) mass is 236 g/mol. The van der Waals surface area contributed by atoms with Crippen LogP contribution in [0.15, 0.2) is 0 Å². The van der Waals surface area contributed by atoms with Crippen molar-refractivity contribution in [3.8, 4) is 0 Å². The molecule has 4 nitrogen and oxygen atoms in total. The Bertz CT molecular complexity index is 351. The van der Waals surface area contributed by atoms with E-state index in [1.165, 1.54) is 12.8 Å². The van der Waals surface area contributed by atoms with Crippen LogP contribution < -0.4 is 5.32 Å². The van der Waals surface area contributed by atoms with E-state index in [-0.39, 0.29) is 24.4 Å². The predicted octanol–water partition coefficient (Wildman–Crippen LogP) is 0.912. The van der Waals surface area contributed by atoms with E-state index in [9.17, 15) is 9.59 Å². The Labute approximate surface area is 102 Å². The highest BCUT2D eigenvalue weighted by Gasteiger charge is 2.50. The minimum atomic E-state index is -0.209. The molecule has 0 aromatic heterocycles. The first kappa shape index (κ1) is 11.1. The van der Waals surface area contributed by atoms with Gasteiger partial charge in [-0.05, 0) is 37.5 Å². The van der Waals surface area contributed by atoms with E-state index < -0.39 is 0 Å². The summed E-state index contributed by atoms with van der Waals surface area (Å²) in [7, 11) is 0. The fourth-order valence-electron chi connectivity index (χ4n) is 3.02. The molecule has 17 heavy (non-hydrogen) atoms. The molecule has 3 unspecified atom stereocenters. The van der Waals surface area contributed by atoms with Gasteiger partial charge in [0.1, 0.15) is 6.04 Å². The molecular formula is C13H20N2O2. The second-order valence-corrected chi connectivity index (χ2v) is 5.70. The van der Waals surface area contributed by atoms with Crippen molar-refractivity contribution in [2.45, 2.75) is 51.1 Å². The first-order valence-corrected chi connectivity index (χ1v) is 6.80. The van der Waals surface area contributed by atoms with Gasteiger partial charge in [-0.2, -0.15) is 0 Å². The first-order chi connectivity index (χ1) is 8.20. The molecule has 3 aliphatic rings. The van der Waals surface area contributed by atoms with Gasteiger partial charge in [0.15, 0.2) is 0 Å². The van der Waals surface area contributed by atoms with Gasteiger partial charge in [0, 0.05) is 6.04 Å². The van der Waals surface area contributed by atoms with Crippen LogP contribution >= 0.6 is 0 Å². The molecule has 1 saturated heterocycles. The van der Waals surface area contributed by atoms with Gasteiger partial charge in [-0.15, -0.1) is 0 Å². The first-order valence-electron chi connectivity index (χ1n) is 6.80. The Kier molecular flexibility index (Phi) is 2.60. The van der Waals surface area contributed by atoms with Crippen molar-refractivity contribution in [2.75, 3.05) is 6.54 Å². The summed E-state index contributed by atoms with van der Waals surface area (Å²) >= 11 is 0. The molecular weight excluding hydrogens is 216 g/mol. The molecule has 2 amide bonds. The maximum atomic E-state index is 12.3. The summed E-state index contributed by atoms with van der Waals surface area (Å²) in [5.41, 5.74) is 0. The number of hydrogen-bond donors (Lipinski definition) is 1. The highest BCUT2D eigenvalue weighted by atomic mass is 16.2. The van der Waals surface area contributed by atoms with Crippen LogP contribution in [-0.4, -0.2) is 35.3 Å². The molecule has 3 atom stereocenters. The van der Waals surface area contributed by atoms with Gasteiger partial charge >= 0.3 is 0 Å². The normalized spacial score (nSPS) is 37.0. The van der Waals surface area contributed by atoms with Gasteiger partial charge in [0.25, 0.3) is 0 Å². The maximum Gasteiger partial charge on any atom is 0.246 e. The van der Waals surface area contributed by atoms with Crippen molar-refractivity contribution in [1.82, 2.24) is 10.2 Å². The summed E-state index contributed by atoms with van der Waals surface area (Å²) < 4.78 is 0. The van der Waals surface area contributed by atoms with Gasteiger partial charge in [0.05, 0.1) is 6.54 Å². The van der Waals surface area contributed by atoms with Gasteiger partial charge in [-0.25, -0.2) is 0 Å². The number of rotatable bonds is 4. The third-order valence-electron chi connectivity index (χ3n) is 4.22. The van der Waals surface area contributed by atoms with Crippen LogP contribution in [0.5, 0.6) is 0 Å². The minimum Gasteiger partial charge on any atom is -0.342 e. The summed E-state index contributed by atoms with van der Waals surface area (Å²) in [6.45, 7) is 2.46. The second kappa shape index (κ2) is 4.00. The smallest absolute Gasteiger partial charge is 0.246 e. The molecule has 0 radical (unpaired) electrons. The fraction of sp³-hybridized carbons (Fsp3) is 0.846. The fourth-order valence-corrected chi connectivity index (χ4v) is 3.02. The number of carbonyl (C=O) groups excluding carboxylic acids is 2. The maximum absolute atomic E-state index is 12.3. The second-order valence-electron chi connectivity index (χ2n) is 5.70. The van der Waals surface area contributed by atoms with Crippen molar-refractivity contribution >= 4 is 11.8 Å². The Morgan fingerprint density at radius 1 is 1.35 bits per heavy atom. The number of amides is 2. The summed E-state index contributed by atoms with van der Waals surface area (Å²) in [5.74, 6) is 1.27. The molecule has 1 heterocycles. The standard InChI is InChI=1S/C13H20N2O2/c1-2-3-9-6-10(9)15-7-11(16)14-12(13(15)17)8-4-5-8/h8-10,12H,2-7H2,1H3,(H,14,16). The lowest BCUT2D eigenvalue weighted by Crippen LogP contribution is -2.59. The highest BCUT2D eigenvalue weighted by Crippen LogP contribution is 2.42. The van der Waals surface area contributed by atoms with Crippen LogP contribution in [0.1, 0.15) is 39.0 Å². The molecule has 3 fully saturated rings. The van der Waals surface area contributed by atoms with Gasteiger partial charge in [-0.3, -0.25) is 9.59 Å². The van der Waals surface area contributed by atoms with Crippen molar-refractivity contribution in [3.63, 3.8) is 0 Å². The van der Waals surface area contributed by atoms with Crippen LogP contribution in [0.3, 0.4) is 0 Å². The van der Waals surface area contributed by atoms with Gasteiger partial charge in [-0.1, -0.05) is 13.3 Å². The molecule has 0 bridgehead atoms. The number of carbonyl (C=O) groups is 2. The number of nitrogens with one attached hydrogen (secondary N) is 1. The summed E-state index contributed by atoms with van der Waals surface area (Å²) in [5, 5.41) is 2.86. The molecule has 4 heteroatoms. The van der Waals surface area contributed by atoms with Crippen LogP contribution in [-0.2, 0) is 9.59 Å². The zero-order valence-corrected chi connectivity index (χ0v) is 10.3. The van der Waals surface area contributed by atoms with E-state index in [0.29, 0.717) is 17.9 Å². The van der Waals surface area contributed by atoms with E-state index >= 15 is 0 Å². The van der Waals surface area contributed by atoms with Crippen molar-refractivity contribution in [3.05, 3.63) is 0 Å². The summed E-state index contributed by atoms with van der Waals surface area (Å²) in [4.78, 5) is 25.8. The molecule has 0 aromatic rings. The van der Waals surface area contributed by atoms with E-state index in [1.807, 2.05) is 4.90 Å². The third kappa shape index (κ3) is 2.05. The van der Waals surface area contributed by atoms with Crippen LogP contribution in [0.2, 0.25) is 0 Å². The van der Waals surface area contributed by atoms with E-state index in [1.54, 1.807) is 0 Å². The van der Waals surface area contributed by atoms with Crippen molar-refractivity contribution in [1.29, 1.82) is 0 Å². The molecule has 1 aliphatic heterocycles. The predicted molar refractivity (Wildman–Crippen MR) is 63.2 cm³/mol. The lowest BCUT2D eigenvalue weighted by Gasteiger charge is -2.33. The summed E-state index contributed by atoms with van der Waals surface area (Å²) in [6.07, 6.45) is 5.64. The van der Waals surface area contributed by atoms with Crippen molar-refractivity contribution in [2.24, 2.45) is 11.8 Å². The molecule has 3 rings (SSSR count). The largest absolute Gasteiger partial charge is 0.342 e. The van der Waals surface area contributed by atoms with Crippen molar-refractivity contribution < 1.29 is 9.59 Å². The minimum absolute atomic E-state index is 0.0312. The van der Waals surface area contributed by atoms with E-state index in [2.05, 4.69) is 12.2 Å². The third-order valence-corrected chi connectivity index (χ3v) is 4.22. The number of hydrogen-bond acceptors (Lipinski definition) is 2. The Hall–Kier alpha value is -1.06. The molecule has 94 valence electrons. The zero-order valence-electron chi connectivity index (χ0n) is 10.3. The lowest BCUT2D eigenvalue weighted by molar-refractivity contribution is -0.145. The molecule has 0 aromatic carbocycles. The molecule has 2 aliphatic carbocycles. The van der Waals surface area contributed by atoms with Crippen LogP contribution in [0.25, 0.3) is 0 Å². The summed E-state index contributed by atoms with van der Waals surface area (Å²) in [6, 6.07) is 0.147. The highest BCUT2D eigenvalue weighted by molar-refractivity contribution is 5.95. The topological polar surface area (TPSA) is 49.4 Å². The Morgan fingerprint density at radius 2 is 2.12 bits per heavy atom. The number of nitrogens with zero attached hydrogens (tertiary/aromatic N) is 1. The molecule has 1 N–H and O–H groups in total. The van der Waals surface area contributed by atoms with E-state index in [0.717, 1.165) is 19.3 Å². The van der Waals surface area contributed by atoms with Gasteiger partial charge in [0.2, 0.25) is 11.8 Å².